The molecule has 0 amide bonds. The van der Waals surface area contributed by atoms with E-state index in [1.165, 1.54) is 0 Å². The van der Waals surface area contributed by atoms with E-state index < -0.39 is 0 Å². The maximum absolute atomic E-state index is 10.0. The van der Waals surface area contributed by atoms with Crippen molar-refractivity contribution in [2.24, 2.45) is 0 Å². The fraction of sp³-hybridized carbons (Fsp3) is 0.769. The standard InChI is InChI=1S/C13H23ClN2O2/c1-4-11-13(14)12(16(5-2)15-11)9-10(17)7-6-8-18-3/h10,17H,4-9H2,1-3H3. The molecule has 5 heteroatoms. The smallest absolute Gasteiger partial charge is 0.0850 e. The summed E-state index contributed by atoms with van der Waals surface area (Å²) >= 11 is 6.29. The maximum atomic E-state index is 10.0. The third-order valence-corrected chi connectivity index (χ3v) is 3.45. The Labute approximate surface area is 114 Å². The first kappa shape index (κ1) is 15.5. The Morgan fingerprint density at radius 2 is 2.17 bits per heavy atom. The van der Waals surface area contributed by atoms with E-state index in [4.69, 9.17) is 16.3 Å². The number of ether oxygens (including phenoxy) is 1. The van der Waals surface area contributed by atoms with Crippen LogP contribution in [-0.2, 0) is 24.1 Å². The number of methoxy groups -OCH3 is 1. The van der Waals surface area contributed by atoms with Crippen LogP contribution >= 0.6 is 11.6 Å². The lowest BCUT2D eigenvalue weighted by Crippen LogP contribution is -2.15. The lowest BCUT2D eigenvalue weighted by Gasteiger charge is -2.11. The molecule has 0 saturated heterocycles. The quantitative estimate of drug-likeness (QED) is 0.741. The predicted octanol–water partition coefficient (Wildman–Crippen LogP) is 2.45. The molecule has 0 aliphatic carbocycles. The van der Waals surface area contributed by atoms with Gasteiger partial charge in [-0.15, -0.1) is 0 Å². The monoisotopic (exact) mass is 274 g/mol. The Morgan fingerprint density at radius 3 is 2.72 bits per heavy atom. The van der Waals surface area contributed by atoms with Crippen LogP contribution in [0.4, 0.5) is 0 Å². The van der Waals surface area contributed by atoms with Gasteiger partial charge >= 0.3 is 0 Å². The third kappa shape index (κ3) is 3.97. The van der Waals surface area contributed by atoms with Crippen LogP contribution in [0, 0.1) is 0 Å². The first-order valence-electron chi connectivity index (χ1n) is 6.55. The van der Waals surface area contributed by atoms with Gasteiger partial charge in [0.25, 0.3) is 0 Å². The lowest BCUT2D eigenvalue weighted by molar-refractivity contribution is 0.133. The maximum Gasteiger partial charge on any atom is 0.0850 e. The fourth-order valence-electron chi connectivity index (χ4n) is 2.00. The van der Waals surface area contributed by atoms with Crippen LogP contribution in [0.3, 0.4) is 0 Å². The second-order valence-corrected chi connectivity index (χ2v) is 4.75. The van der Waals surface area contributed by atoms with Crippen LogP contribution in [0.5, 0.6) is 0 Å². The molecule has 0 bridgehead atoms. The van der Waals surface area contributed by atoms with Gasteiger partial charge < -0.3 is 9.84 Å². The fourth-order valence-corrected chi connectivity index (χ4v) is 2.35. The second-order valence-electron chi connectivity index (χ2n) is 4.37. The summed E-state index contributed by atoms with van der Waals surface area (Å²) < 4.78 is 6.87. The second kappa shape index (κ2) is 7.77. The molecule has 18 heavy (non-hydrogen) atoms. The molecule has 0 spiro atoms. The van der Waals surface area contributed by atoms with E-state index in [9.17, 15) is 5.11 Å². The minimum atomic E-state index is -0.385. The van der Waals surface area contributed by atoms with Crippen molar-refractivity contribution in [1.29, 1.82) is 0 Å². The lowest BCUT2D eigenvalue weighted by atomic mass is 10.1. The van der Waals surface area contributed by atoms with Crippen LogP contribution in [0.2, 0.25) is 5.02 Å². The van der Waals surface area contributed by atoms with Crippen LogP contribution in [0.1, 0.15) is 38.1 Å². The number of hydrogen-bond donors (Lipinski definition) is 1. The summed E-state index contributed by atoms with van der Waals surface area (Å²) in [5.41, 5.74) is 1.86. The third-order valence-electron chi connectivity index (χ3n) is 3.01. The van der Waals surface area contributed by atoms with E-state index in [1.807, 2.05) is 18.5 Å². The first-order chi connectivity index (χ1) is 8.63. The molecule has 0 aromatic carbocycles. The number of nitrogens with zero attached hydrogens (tertiary/aromatic N) is 2. The summed E-state index contributed by atoms with van der Waals surface area (Å²) in [6.45, 7) is 5.52. The number of hydrogen-bond acceptors (Lipinski definition) is 3. The molecule has 1 N–H and O–H groups in total. The first-order valence-corrected chi connectivity index (χ1v) is 6.92. The van der Waals surface area contributed by atoms with Crippen molar-refractivity contribution >= 4 is 11.6 Å². The van der Waals surface area contributed by atoms with Crippen molar-refractivity contribution in [1.82, 2.24) is 9.78 Å². The Balaban J connectivity index is 2.67. The molecule has 0 fully saturated rings. The van der Waals surface area contributed by atoms with Crippen molar-refractivity contribution < 1.29 is 9.84 Å². The van der Waals surface area contributed by atoms with Gasteiger partial charge in [0.1, 0.15) is 0 Å². The number of aliphatic hydroxyl groups is 1. The van der Waals surface area contributed by atoms with Gasteiger partial charge in [-0.05, 0) is 26.2 Å². The topological polar surface area (TPSA) is 47.3 Å². The van der Waals surface area contributed by atoms with Crippen LogP contribution in [-0.4, -0.2) is 34.7 Å². The molecule has 1 atom stereocenters. The molecule has 1 aromatic heterocycles. The average molecular weight is 275 g/mol. The van der Waals surface area contributed by atoms with Gasteiger partial charge in [0.2, 0.25) is 0 Å². The van der Waals surface area contributed by atoms with E-state index >= 15 is 0 Å². The van der Waals surface area contributed by atoms with Crippen LogP contribution in [0.25, 0.3) is 0 Å². The van der Waals surface area contributed by atoms with Gasteiger partial charge in [0.15, 0.2) is 0 Å². The number of aryl methyl sites for hydroxylation is 2. The highest BCUT2D eigenvalue weighted by molar-refractivity contribution is 6.31. The highest BCUT2D eigenvalue weighted by Crippen LogP contribution is 2.23. The molecule has 4 nitrogen and oxygen atoms in total. The van der Waals surface area contributed by atoms with Gasteiger partial charge in [-0.25, -0.2) is 0 Å². The normalized spacial score (nSPS) is 12.9. The SMILES string of the molecule is CCc1nn(CC)c(CC(O)CCCOC)c1Cl. The van der Waals surface area contributed by atoms with E-state index in [1.54, 1.807) is 7.11 Å². The zero-order chi connectivity index (χ0) is 13.5. The van der Waals surface area contributed by atoms with Gasteiger partial charge in [0.05, 0.1) is 22.5 Å². The van der Waals surface area contributed by atoms with Crippen molar-refractivity contribution in [3.63, 3.8) is 0 Å². The molecule has 104 valence electrons. The number of halogens is 1. The molecular weight excluding hydrogens is 252 g/mol. The summed E-state index contributed by atoms with van der Waals surface area (Å²) in [6.07, 6.45) is 2.57. The Kier molecular flexibility index (Phi) is 6.68. The van der Waals surface area contributed by atoms with Gasteiger partial charge in [0, 0.05) is 26.7 Å². The van der Waals surface area contributed by atoms with Crippen molar-refractivity contribution in [3.8, 4) is 0 Å². The van der Waals surface area contributed by atoms with Crippen molar-refractivity contribution in [2.45, 2.75) is 52.2 Å². The zero-order valence-electron chi connectivity index (χ0n) is 11.4. The molecule has 1 heterocycles. The molecule has 0 aliphatic rings. The molecule has 1 aromatic rings. The molecule has 0 aliphatic heterocycles. The minimum Gasteiger partial charge on any atom is -0.393 e. The molecule has 0 radical (unpaired) electrons. The Bertz CT molecular complexity index is 366. The number of aliphatic hydroxyl groups excluding tert-OH is 1. The predicted molar refractivity (Wildman–Crippen MR) is 73.1 cm³/mol. The molecule has 0 saturated carbocycles. The van der Waals surface area contributed by atoms with Gasteiger partial charge in [-0.1, -0.05) is 18.5 Å². The van der Waals surface area contributed by atoms with E-state index in [0.717, 1.165) is 37.2 Å². The van der Waals surface area contributed by atoms with E-state index in [2.05, 4.69) is 5.10 Å². The van der Waals surface area contributed by atoms with E-state index in [-0.39, 0.29) is 6.10 Å². The summed E-state index contributed by atoms with van der Waals surface area (Å²) in [4.78, 5) is 0. The van der Waals surface area contributed by atoms with Crippen molar-refractivity contribution in [3.05, 3.63) is 16.4 Å². The highest BCUT2D eigenvalue weighted by Gasteiger charge is 2.17. The highest BCUT2D eigenvalue weighted by atomic mass is 35.5. The largest absolute Gasteiger partial charge is 0.393 e. The van der Waals surface area contributed by atoms with E-state index in [0.29, 0.717) is 18.1 Å². The zero-order valence-corrected chi connectivity index (χ0v) is 12.2. The number of aromatic nitrogens is 2. The molecular formula is C13H23ClN2O2. The van der Waals surface area contributed by atoms with Crippen LogP contribution in [0.15, 0.2) is 0 Å². The minimum absolute atomic E-state index is 0.385. The summed E-state index contributed by atoms with van der Waals surface area (Å²) in [5, 5.41) is 15.2. The Hall–Kier alpha value is -0.580. The van der Waals surface area contributed by atoms with Gasteiger partial charge in [-0.2, -0.15) is 5.10 Å². The van der Waals surface area contributed by atoms with Crippen LogP contribution < -0.4 is 0 Å². The molecule has 1 rings (SSSR count). The Morgan fingerprint density at radius 1 is 1.44 bits per heavy atom. The summed E-state index contributed by atoms with van der Waals surface area (Å²) in [6, 6.07) is 0. The van der Waals surface area contributed by atoms with Gasteiger partial charge in [-0.3, -0.25) is 4.68 Å². The summed E-state index contributed by atoms with van der Waals surface area (Å²) in [5.74, 6) is 0. The summed E-state index contributed by atoms with van der Waals surface area (Å²) in [7, 11) is 1.67. The molecule has 1 unspecified atom stereocenters. The average Bonchev–Trinajstić information content (AvgIpc) is 2.66. The van der Waals surface area contributed by atoms with Crippen molar-refractivity contribution in [2.75, 3.05) is 13.7 Å². The number of rotatable bonds is 8.